The molecule has 0 saturated carbocycles. The van der Waals surface area contributed by atoms with Crippen molar-refractivity contribution in [2.75, 3.05) is 5.73 Å². The van der Waals surface area contributed by atoms with Gasteiger partial charge in [-0.05, 0) is 59.7 Å². The normalized spacial score (nSPS) is 12.4. The summed E-state index contributed by atoms with van der Waals surface area (Å²) in [7, 11) is -8.62. The largest absolute Gasteiger partial charge is 0.398 e. The summed E-state index contributed by atoms with van der Waals surface area (Å²) in [5.41, 5.74) is 8.86. The maximum absolute atomic E-state index is 11.4. The Morgan fingerprint density at radius 3 is 1.73 bits per heavy atom. The molecule has 0 bridgehead atoms. The van der Waals surface area contributed by atoms with Crippen LogP contribution in [0.25, 0.3) is 21.9 Å². The van der Waals surface area contributed by atoms with E-state index in [0.717, 1.165) is 11.1 Å². The topological polar surface area (TPSA) is 159 Å². The Hall–Kier alpha value is -3.64. The molecule has 4 rings (SSSR count). The molecular formula is C22H17N3O6S2. The molecule has 0 aliphatic rings. The molecule has 0 aliphatic carbocycles. The fraction of sp³-hybridized carbons (Fsp3) is 0. The molecule has 168 valence electrons. The third-order valence-electron chi connectivity index (χ3n) is 4.92. The molecule has 0 aliphatic heterocycles. The van der Waals surface area contributed by atoms with E-state index >= 15 is 0 Å². The zero-order valence-corrected chi connectivity index (χ0v) is 18.5. The van der Waals surface area contributed by atoms with Crippen molar-refractivity contribution in [3.63, 3.8) is 0 Å². The van der Waals surface area contributed by atoms with Crippen LogP contribution < -0.4 is 5.73 Å². The lowest BCUT2D eigenvalue weighted by molar-refractivity contribution is 0.481. The number of azo groups is 1. The van der Waals surface area contributed by atoms with Crippen LogP contribution in [-0.2, 0) is 20.2 Å². The van der Waals surface area contributed by atoms with Crippen molar-refractivity contribution in [1.82, 2.24) is 0 Å². The Morgan fingerprint density at radius 1 is 0.606 bits per heavy atom. The molecule has 0 saturated heterocycles. The second-order valence-corrected chi connectivity index (χ2v) is 9.95. The highest BCUT2D eigenvalue weighted by atomic mass is 32.2. The predicted octanol–water partition coefficient (Wildman–Crippen LogP) is 5.00. The van der Waals surface area contributed by atoms with Gasteiger partial charge in [0.2, 0.25) is 0 Å². The molecule has 0 radical (unpaired) electrons. The molecule has 0 unspecified atom stereocenters. The third-order valence-corrected chi connectivity index (χ3v) is 6.64. The Labute approximate surface area is 189 Å². The molecule has 33 heavy (non-hydrogen) atoms. The highest BCUT2D eigenvalue weighted by molar-refractivity contribution is 7.86. The minimum absolute atomic E-state index is 0.184. The second-order valence-electron chi connectivity index (χ2n) is 7.10. The van der Waals surface area contributed by atoms with Crippen LogP contribution in [0.15, 0.2) is 98.9 Å². The summed E-state index contributed by atoms with van der Waals surface area (Å²) in [6, 6.07) is 20.1. The van der Waals surface area contributed by atoms with E-state index in [0.29, 0.717) is 27.8 Å². The van der Waals surface area contributed by atoms with E-state index in [1.165, 1.54) is 30.3 Å². The SMILES string of the molecule is Nc1ccc(/N=N/c2ccc(-c3ccc(S(=O)(=O)O)cc3)cc2)c2ccc(S(=O)(=O)O)cc12. The van der Waals surface area contributed by atoms with Gasteiger partial charge in [-0.25, -0.2) is 0 Å². The Balaban J connectivity index is 1.61. The molecule has 0 atom stereocenters. The van der Waals surface area contributed by atoms with Gasteiger partial charge in [-0.3, -0.25) is 9.11 Å². The predicted molar refractivity (Wildman–Crippen MR) is 124 cm³/mol. The van der Waals surface area contributed by atoms with Crippen LogP contribution in [-0.4, -0.2) is 25.9 Å². The zero-order chi connectivity index (χ0) is 23.8. The molecular weight excluding hydrogens is 466 g/mol. The smallest absolute Gasteiger partial charge is 0.294 e. The number of nitrogen functional groups attached to an aromatic ring is 1. The van der Waals surface area contributed by atoms with Gasteiger partial charge in [-0.2, -0.15) is 21.9 Å². The molecule has 0 spiro atoms. The van der Waals surface area contributed by atoms with E-state index in [2.05, 4.69) is 10.2 Å². The average Bonchev–Trinajstić information content (AvgIpc) is 2.78. The number of anilines is 1. The first-order valence-corrected chi connectivity index (χ1v) is 12.3. The minimum atomic E-state index is -4.37. The first kappa shape index (κ1) is 22.6. The van der Waals surface area contributed by atoms with Gasteiger partial charge < -0.3 is 5.73 Å². The summed E-state index contributed by atoms with van der Waals surface area (Å²) in [4.78, 5) is -0.452. The highest BCUT2D eigenvalue weighted by Gasteiger charge is 2.13. The van der Waals surface area contributed by atoms with Crippen molar-refractivity contribution in [3.8, 4) is 11.1 Å². The molecule has 4 aromatic carbocycles. The number of hydrogen-bond acceptors (Lipinski definition) is 7. The van der Waals surface area contributed by atoms with Gasteiger partial charge in [-0.15, -0.1) is 5.11 Å². The monoisotopic (exact) mass is 483 g/mol. The van der Waals surface area contributed by atoms with Gasteiger partial charge in [0.1, 0.15) is 0 Å². The summed E-state index contributed by atoms with van der Waals surface area (Å²) in [5, 5.41) is 9.45. The molecule has 4 N–H and O–H groups in total. The van der Waals surface area contributed by atoms with Crippen molar-refractivity contribution in [2.45, 2.75) is 9.79 Å². The quantitative estimate of drug-likeness (QED) is 0.205. The summed E-state index contributed by atoms with van der Waals surface area (Å²) in [5.74, 6) is 0. The standard InChI is InChI=1S/C22H17N3O6S2/c23-21-11-12-22(19-10-9-18(13-20(19)21)33(29,30)31)25-24-16-5-1-14(2-6-16)15-3-7-17(8-4-15)32(26,27)28/h1-13H,23H2,(H,26,27,28)(H,29,30,31)/b25-24+. The molecule has 0 aromatic heterocycles. The fourth-order valence-electron chi connectivity index (χ4n) is 3.23. The number of fused-ring (bicyclic) bond motifs is 1. The summed E-state index contributed by atoms with van der Waals surface area (Å²) in [6.45, 7) is 0. The molecule has 9 nitrogen and oxygen atoms in total. The second kappa shape index (κ2) is 8.37. The van der Waals surface area contributed by atoms with E-state index in [1.54, 1.807) is 48.5 Å². The van der Waals surface area contributed by atoms with E-state index in [4.69, 9.17) is 10.3 Å². The number of nitrogens with two attached hydrogens (primary N) is 1. The number of hydrogen-bond donors (Lipinski definition) is 3. The van der Waals surface area contributed by atoms with Gasteiger partial charge >= 0.3 is 0 Å². The molecule has 0 amide bonds. The van der Waals surface area contributed by atoms with Crippen molar-refractivity contribution in [3.05, 3.63) is 78.9 Å². The highest BCUT2D eigenvalue weighted by Crippen LogP contribution is 2.33. The van der Waals surface area contributed by atoms with E-state index in [-0.39, 0.29) is 9.79 Å². The lowest BCUT2D eigenvalue weighted by atomic mass is 10.1. The molecule has 4 aromatic rings. The number of rotatable bonds is 5. The van der Waals surface area contributed by atoms with Gasteiger partial charge in [-0.1, -0.05) is 30.3 Å². The minimum Gasteiger partial charge on any atom is -0.398 e. The van der Waals surface area contributed by atoms with Gasteiger partial charge in [0.05, 0.1) is 21.2 Å². The van der Waals surface area contributed by atoms with Crippen LogP contribution in [0.2, 0.25) is 0 Å². The number of benzene rings is 4. The van der Waals surface area contributed by atoms with Crippen LogP contribution in [0.1, 0.15) is 0 Å². The van der Waals surface area contributed by atoms with E-state index < -0.39 is 20.2 Å². The summed E-state index contributed by atoms with van der Waals surface area (Å²) >= 11 is 0. The first-order valence-electron chi connectivity index (χ1n) is 9.42. The Bertz CT molecular complexity index is 1600. The van der Waals surface area contributed by atoms with Crippen LogP contribution in [0, 0.1) is 0 Å². The summed E-state index contributed by atoms with van der Waals surface area (Å²) in [6.07, 6.45) is 0. The van der Waals surface area contributed by atoms with E-state index in [1.807, 2.05) is 0 Å². The molecule has 11 heteroatoms. The molecule has 0 fully saturated rings. The maximum Gasteiger partial charge on any atom is 0.294 e. The van der Waals surface area contributed by atoms with Crippen molar-refractivity contribution < 1.29 is 25.9 Å². The van der Waals surface area contributed by atoms with Gasteiger partial charge in [0.25, 0.3) is 20.2 Å². The maximum atomic E-state index is 11.4. The number of nitrogens with zero attached hydrogens (tertiary/aromatic N) is 2. The summed E-state index contributed by atoms with van der Waals surface area (Å²) < 4.78 is 63.5. The third kappa shape index (κ3) is 4.91. The van der Waals surface area contributed by atoms with E-state index in [9.17, 15) is 21.4 Å². The van der Waals surface area contributed by atoms with Crippen LogP contribution >= 0.6 is 0 Å². The van der Waals surface area contributed by atoms with Crippen molar-refractivity contribution in [2.24, 2.45) is 10.2 Å². The fourth-order valence-corrected chi connectivity index (χ4v) is 4.22. The van der Waals surface area contributed by atoms with Crippen LogP contribution in [0.4, 0.5) is 17.1 Å². The first-order chi connectivity index (χ1) is 15.5. The van der Waals surface area contributed by atoms with Gasteiger partial charge in [0, 0.05) is 16.5 Å². The Kier molecular flexibility index (Phi) is 5.72. The van der Waals surface area contributed by atoms with Gasteiger partial charge in [0.15, 0.2) is 0 Å². The zero-order valence-electron chi connectivity index (χ0n) is 16.8. The van der Waals surface area contributed by atoms with Crippen molar-refractivity contribution in [1.29, 1.82) is 0 Å². The van der Waals surface area contributed by atoms with Crippen LogP contribution in [0.3, 0.4) is 0 Å². The lowest BCUT2D eigenvalue weighted by Crippen LogP contribution is -1.98. The molecule has 0 heterocycles. The average molecular weight is 484 g/mol. The van der Waals surface area contributed by atoms with Crippen LogP contribution in [0.5, 0.6) is 0 Å². The lowest BCUT2D eigenvalue weighted by Gasteiger charge is -2.07. The Morgan fingerprint density at radius 2 is 1.15 bits per heavy atom. The van der Waals surface area contributed by atoms with Crippen molar-refractivity contribution >= 4 is 48.1 Å².